The Kier molecular flexibility index (Phi) is 3.01. The molecule has 1 N–H and O–H groups in total. The van der Waals surface area contributed by atoms with Gasteiger partial charge in [-0.05, 0) is 32.6 Å². The van der Waals surface area contributed by atoms with Crippen LogP contribution in [0.3, 0.4) is 0 Å². The standard InChI is InChI=1S/C12H21NO2/c1-12(2)8-15-11(13-12)7-9-5-3-4-6-10(9)14/h9-10,14H,3-8H2,1-2H3. The SMILES string of the molecule is CC1(C)COC(CC2CCCCC2O)=N1. The second-order valence-electron chi connectivity index (χ2n) is 5.42. The van der Waals surface area contributed by atoms with Gasteiger partial charge in [-0.3, -0.25) is 0 Å². The number of aliphatic hydroxyl groups is 1. The maximum Gasteiger partial charge on any atom is 0.184 e. The third-order valence-electron chi connectivity index (χ3n) is 3.33. The predicted molar refractivity (Wildman–Crippen MR) is 60.0 cm³/mol. The molecule has 0 spiro atoms. The lowest BCUT2D eigenvalue weighted by molar-refractivity contribution is 0.0707. The molecular weight excluding hydrogens is 190 g/mol. The largest absolute Gasteiger partial charge is 0.478 e. The second-order valence-corrected chi connectivity index (χ2v) is 5.42. The van der Waals surface area contributed by atoms with Crippen LogP contribution in [0.25, 0.3) is 0 Å². The van der Waals surface area contributed by atoms with E-state index in [0.717, 1.165) is 31.6 Å². The molecule has 3 heteroatoms. The quantitative estimate of drug-likeness (QED) is 0.760. The molecule has 3 nitrogen and oxygen atoms in total. The lowest BCUT2D eigenvalue weighted by Crippen LogP contribution is -2.26. The first-order chi connectivity index (χ1) is 7.07. The van der Waals surface area contributed by atoms with Crippen LogP contribution in [-0.4, -0.2) is 29.3 Å². The minimum Gasteiger partial charge on any atom is -0.478 e. The van der Waals surface area contributed by atoms with Gasteiger partial charge < -0.3 is 9.84 Å². The van der Waals surface area contributed by atoms with Gasteiger partial charge in [-0.2, -0.15) is 0 Å². The Labute approximate surface area is 91.5 Å². The summed E-state index contributed by atoms with van der Waals surface area (Å²) >= 11 is 0. The fourth-order valence-corrected chi connectivity index (χ4v) is 2.42. The van der Waals surface area contributed by atoms with Crippen molar-refractivity contribution in [2.75, 3.05) is 6.61 Å². The summed E-state index contributed by atoms with van der Waals surface area (Å²) in [5.74, 6) is 1.22. The Morgan fingerprint density at radius 2 is 2.13 bits per heavy atom. The first-order valence-corrected chi connectivity index (χ1v) is 5.96. The summed E-state index contributed by atoms with van der Waals surface area (Å²) in [5, 5.41) is 9.85. The number of hydrogen-bond donors (Lipinski definition) is 1. The van der Waals surface area contributed by atoms with Crippen molar-refractivity contribution in [3.63, 3.8) is 0 Å². The van der Waals surface area contributed by atoms with E-state index >= 15 is 0 Å². The molecule has 86 valence electrons. The molecule has 1 heterocycles. The highest BCUT2D eigenvalue weighted by Crippen LogP contribution is 2.29. The molecule has 0 aromatic carbocycles. The zero-order chi connectivity index (χ0) is 10.9. The van der Waals surface area contributed by atoms with Gasteiger partial charge in [0.25, 0.3) is 0 Å². The smallest absolute Gasteiger partial charge is 0.184 e. The lowest BCUT2D eigenvalue weighted by Gasteiger charge is -2.26. The van der Waals surface area contributed by atoms with Crippen LogP contribution in [-0.2, 0) is 4.74 Å². The number of hydrogen-bond acceptors (Lipinski definition) is 3. The maximum absolute atomic E-state index is 9.85. The normalized spacial score (nSPS) is 34.7. The highest BCUT2D eigenvalue weighted by molar-refractivity contribution is 5.78. The fraction of sp³-hybridized carbons (Fsp3) is 0.917. The van der Waals surface area contributed by atoms with Crippen LogP contribution < -0.4 is 0 Å². The Morgan fingerprint density at radius 3 is 2.73 bits per heavy atom. The molecule has 0 radical (unpaired) electrons. The summed E-state index contributed by atoms with van der Waals surface area (Å²) in [4.78, 5) is 4.53. The van der Waals surface area contributed by atoms with Crippen molar-refractivity contribution in [1.82, 2.24) is 0 Å². The van der Waals surface area contributed by atoms with E-state index in [9.17, 15) is 5.11 Å². The Morgan fingerprint density at radius 1 is 1.40 bits per heavy atom. The summed E-state index contributed by atoms with van der Waals surface area (Å²) in [6.07, 6.45) is 5.14. The highest BCUT2D eigenvalue weighted by atomic mass is 16.5. The second kappa shape index (κ2) is 4.12. The average Bonchev–Trinajstić information content (AvgIpc) is 2.50. The molecule has 0 aromatic heterocycles. The van der Waals surface area contributed by atoms with Gasteiger partial charge in [0.05, 0.1) is 11.6 Å². The molecule has 2 unspecified atom stereocenters. The molecule has 2 aliphatic rings. The Bertz CT molecular complexity index is 260. The number of rotatable bonds is 2. The van der Waals surface area contributed by atoms with Crippen molar-refractivity contribution in [3.05, 3.63) is 0 Å². The molecule has 1 saturated carbocycles. The molecule has 0 amide bonds. The van der Waals surface area contributed by atoms with Gasteiger partial charge in [-0.1, -0.05) is 12.8 Å². The number of ether oxygens (including phenoxy) is 1. The monoisotopic (exact) mass is 211 g/mol. The molecule has 1 fully saturated rings. The number of nitrogens with zero attached hydrogens (tertiary/aromatic N) is 1. The molecule has 0 bridgehead atoms. The van der Waals surface area contributed by atoms with Gasteiger partial charge in [0.15, 0.2) is 5.90 Å². The molecule has 2 rings (SSSR count). The summed E-state index contributed by atoms with van der Waals surface area (Å²) < 4.78 is 5.56. The Hall–Kier alpha value is -0.570. The number of aliphatic imine (C=N–C) groups is 1. The van der Waals surface area contributed by atoms with Crippen LogP contribution in [0.1, 0.15) is 46.0 Å². The van der Waals surface area contributed by atoms with Gasteiger partial charge in [0.2, 0.25) is 0 Å². The van der Waals surface area contributed by atoms with Crippen molar-refractivity contribution in [1.29, 1.82) is 0 Å². The van der Waals surface area contributed by atoms with E-state index in [2.05, 4.69) is 18.8 Å². The van der Waals surface area contributed by atoms with E-state index in [1.54, 1.807) is 0 Å². The van der Waals surface area contributed by atoms with E-state index in [1.165, 1.54) is 6.42 Å². The van der Waals surface area contributed by atoms with Crippen LogP contribution in [0.2, 0.25) is 0 Å². The molecule has 15 heavy (non-hydrogen) atoms. The van der Waals surface area contributed by atoms with E-state index in [4.69, 9.17) is 4.74 Å². The third-order valence-corrected chi connectivity index (χ3v) is 3.33. The fourth-order valence-electron chi connectivity index (χ4n) is 2.42. The highest BCUT2D eigenvalue weighted by Gasteiger charge is 2.30. The maximum atomic E-state index is 9.85. The van der Waals surface area contributed by atoms with Crippen molar-refractivity contribution < 1.29 is 9.84 Å². The van der Waals surface area contributed by atoms with Gasteiger partial charge in [0, 0.05) is 6.42 Å². The predicted octanol–water partition coefficient (Wildman–Crippen LogP) is 2.13. The molecule has 2 atom stereocenters. The van der Waals surface area contributed by atoms with Crippen LogP contribution in [0.4, 0.5) is 0 Å². The summed E-state index contributed by atoms with van der Waals surface area (Å²) in [6.45, 7) is 4.85. The molecule has 0 saturated heterocycles. The first kappa shape index (κ1) is 10.9. The molecule has 1 aliphatic carbocycles. The number of aliphatic hydroxyl groups excluding tert-OH is 1. The van der Waals surface area contributed by atoms with Crippen molar-refractivity contribution >= 4 is 5.90 Å². The zero-order valence-corrected chi connectivity index (χ0v) is 9.70. The van der Waals surface area contributed by atoms with Gasteiger partial charge in [-0.25, -0.2) is 4.99 Å². The average molecular weight is 211 g/mol. The van der Waals surface area contributed by atoms with Crippen molar-refractivity contribution in [2.24, 2.45) is 10.9 Å². The van der Waals surface area contributed by atoms with Crippen LogP contribution in [0.5, 0.6) is 0 Å². The Balaban J connectivity index is 1.91. The molecule has 1 aliphatic heterocycles. The zero-order valence-electron chi connectivity index (χ0n) is 9.70. The van der Waals surface area contributed by atoms with Gasteiger partial charge in [-0.15, -0.1) is 0 Å². The summed E-state index contributed by atoms with van der Waals surface area (Å²) in [6, 6.07) is 0. The van der Waals surface area contributed by atoms with Crippen LogP contribution in [0.15, 0.2) is 4.99 Å². The van der Waals surface area contributed by atoms with Crippen molar-refractivity contribution in [3.8, 4) is 0 Å². The van der Waals surface area contributed by atoms with Gasteiger partial charge in [0.1, 0.15) is 6.61 Å². The van der Waals surface area contributed by atoms with E-state index in [1.807, 2.05) is 0 Å². The van der Waals surface area contributed by atoms with Gasteiger partial charge >= 0.3 is 0 Å². The molecular formula is C12H21NO2. The van der Waals surface area contributed by atoms with E-state index < -0.39 is 0 Å². The minimum atomic E-state index is -0.145. The molecule has 0 aromatic rings. The van der Waals surface area contributed by atoms with Crippen molar-refractivity contribution in [2.45, 2.75) is 57.6 Å². The van der Waals surface area contributed by atoms with Crippen LogP contribution in [0, 0.1) is 5.92 Å². The summed E-state index contributed by atoms with van der Waals surface area (Å²) in [5.41, 5.74) is -0.0606. The third kappa shape index (κ3) is 2.71. The van der Waals surface area contributed by atoms with E-state index in [0.29, 0.717) is 12.5 Å². The summed E-state index contributed by atoms with van der Waals surface area (Å²) in [7, 11) is 0. The lowest BCUT2D eigenvalue weighted by atomic mass is 9.84. The topological polar surface area (TPSA) is 41.8 Å². The van der Waals surface area contributed by atoms with E-state index in [-0.39, 0.29) is 11.6 Å². The minimum absolute atomic E-state index is 0.0606. The van der Waals surface area contributed by atoms with Crippen LogP contribution >= 0.6 is 0 Å². The first-order valence-electron chi connectivity index (χ1n) is 5.96.